The molecule has 1 N–H and O–H groups in total. The third-order valence-electron chi connectivity index (χ3n) is 11.9. The highest BCUT2D eigenvalue weighted by molar-refractivity contribution is 7.91. The number of aryl methyl sites for hydroxylation is 1. The number of fused-ring (bicyclic) bond motifs is 4. The molecule has 0 spiro atoms. The molecule has 2 aliphatic carbocycles. The van der Waals surface area contributed by atoms with Gasteiger partial charge in [0.25, 0.3) is 11.8 Å². The van der Waals surface area contributed by atoms with Gasteiger partial charge >= 0.3 is 5.63 Å². The van der Waals surface area contributed by atoms with E-state index in [0.29, 0.717) is 68.5 Å². The lowest BCUT2D eigenvalue weighted by atomic mass is 9.95. The van der Waals surface area contributed by atoms with E-state index >= 15 is 4.39 Å². The third kappa shape index (κ3) is 5.88. The van der Waals surface area contributed by atoms with Gasteiger partial charge in [-0.15, -0.1) is 0 Å². The number of methoxy groups -OCH3 is 1. The summed E-state index contributed by atoms with van der Waals surface area (Å²) >= 11 is 0. The van der Waals surface area contributed by atoms with Crippen LogP contribution in [0.2, 0.25) is 0 Å². The van der Waals surface area contributed by atoms with Crippen molar-refractivity contribution in [1.82, 2.24) is 14.5 Å². The van der Waals surface area contributed by atoms with Crippen LogP contribution in [0.15, 0.2) is 33.5 Å². The van der Waals surface area contributed by atoms with E-state index < -0.39 is 38.0 Å². The molecule has 3 aromatic rings. The molecule has 2 unspecified atom stereocenters. The number of halogens is 1. The number of piperazine rings is 1. The average Bonchev–Trinajstić information content (AvgIpc) is 4.01. The monoisotopic (exact) mass is 721 g/mol. The predicted molar refractivity (Wildman–Crippen MR) is 190 cm³/mol. The summed E-state index contributed by atoms with van der Waals surface area (Å²) in [6.07, 6.45) is 2.32. The molecule has 5 aliphatic rings. The van der Waals surface area contributed by atoms with Gasteiger partial charge in [0.05, 0.1) is 40.8 Å². The number of nitrogens with one attached hydrogen (secondary N) is 1. The lowest BCUT2D eigenvalue weighted by Crippen LogP contribution is -2.53. The highest BCUT2D eigenvalue weighted by Gasteiger charge is 2.51. The Morgan fingerprint density at radius 3 is 2.49 bits per heavy atom. The Morgan fingerprint density at radius 2 is 1.78 bits per heavy atom. The molecule has 2 aromatic carbocycles. The SMILES string of the molecule is COC[C@H]1CN(c2ccc3c4c(c(=O)oc3c2C)CN(C(=O)c2cc(F)c(C(=O)NS(=O)(=O)C3(C)CC3)c(N3CC5CC5C3)c2)CC4)CCN1C. The van der Waals surface area contributed by atoms with Gasteiger partial charge in [0.15, 0.2) is 0 Å². The molecular weight excluding hydrogens is 677 g/mol. The fraction of sp³-hybridized carbons (Fsp3) is 0.541. The second kappa shape index (κ2) is 12.3. The number of benzene rings is 2. The van der Waals surface area contributed by atoms with E-state index in [1.54, 1.807) is 14.0 Å². The van der Waals surface area contributed by atoms with Gasteiger partial charge < -0.3 is 23.9 Å². The lowest BCUT2D eigenvalue weighted by molar-refractivity contribution is 0.0732. The molecule has 2 saturated carbocycles. The Hall–Kier alpha value is -4.01. The number of piperidine rings is 1. The first kappa shape index (κ1) is 34.1. The zero-order chi connectivity index (χ0) is 36.0. The van der Waals surface area contributed by atoms with Crippen molar-refractivity contribution in [3.05, 3.63) is 68.3 Å². The number of anilines is 2. The summed E-state index contributed by atoms with van der Waals surface area (Å²) in [6.45, 7) is 8.13. The number of carbonyl (C=O) groups is 2. The van der Waals surface area contributed by atoms with Crippen LogP contribution in [-0.4, -0.2) is 101 Å². The van der Waals surface area contributed by atoms with Crippen molar-refractivity contribution in [2.24, 2.45) is 11.8 Å². The van der Waals surface area contributed by atoms with Crippen molar-refractivity contribution in [3.63, 3.8) is 0 Å². The van der Waals surface area contributed by atoms with Crippen molar-refractivity contribution in [3.8, 4) is 0 Å². The summed E-state index contributed by atoms with van der Waals surface area (Å²) < 4.78 is 54.2. The quantitative estimate of drug-likeness (QED) is 0.346. The first-order valence-corrected chi connectivity index (χ1v) is 19.2. The van der Waals surface area contributed by atoms with Crippen LogP contribution in [0, 0.1) is 24.6 Å². The number of ether oxygens (including phenoxy) is 1. The number of sulfonamides is 1. The summed E-state index contributed by atoms with van der Waals surface area (Å²) in [4.78, 5) is 48.9. The smallest absolute Gasteiger partial charge is 0.341 e. The molecule has 2 saturated heterocycles. The number of carbonyl (C=O) groups excluding carboxylic acids is 2. The molecule has 2 amide bonds. The number of hydrogen-bond donors (Lipinski definition) is 1. The van der Waals surface area contributed by atoms with Gasteiger partial charge in [0.2, 0.25) is 10.0 Å². The number of hydrogen-bond acceptors (Lipinski definition) is 10. The maximum Gasteiger partial charge on any atom is 0.341 e. The van der Waals surface area contributed by atoms with Gasteiger partial charge in [0.1, 0.15) is 11.4 Å². The van der Waals surface area contributed by atoms with Crippen LogP contribution < -0.4 is 20.1 Å². The normalized spacial score (nSPS) is 24.0. The van der Waals surface area contributed by atoms with Crippen molar-refractivity contribution in [2.75, 3.05) is 69.8 Å². The highest BCUT2D eigenvalue weighted by atomic mass is 32.2. The molecule has 0 bridgehead atoms. The molecule has 272 valence electrons. The van der Waals surface area contributed by atoms with Gasteiger partial charge in [-0.2, -0.15) is 0 Å². The Bertz CT molecular complexity index is 2120. The van der Waals surface area contributed by atoms with Crippen molar-refractivity contribution < 1.29 is 31.6 Å². The van der Waals surface area contributed by atoms with Crippen LogP contribution in [0.4, 0.5) is 15.8 Å². The van der Waals surface area contributed by atoms with Gasteiger partial charge in [0, 0.05) is 68.6 Å². The molecule has 4 fully saturated rings. The maximum absolute atomic E-state index is 16.0. The van der Waals surface area contributed by atoms with Crippen LogP contribution in [0.25, 0.3) is 11.0 Å². The lowest BCUT2D eigenvalue weighted by Gasteiger charge is -2.41. The molecule has 3 atom stereocenters. The third-order valence-corrected chi connectivity index (χ3v) is 14.1. The zero-order valence-electron chi connectivity index (χ0n) is 29.5. The fourth-order valence-electron chi connectivity index (χ4n) is 8.21. The molecule has 1 aromatic heterocycles. The maximum atomic E-state index is 16.0. The minimum atomic E-state index is -4.01. The Morgan fingerprint density at radius 1 is 1.04 bits per heavy atom. The van der Waals surface area contributed by atoms with Crippen LogP contribution in [0.1, 0.15) is 63.6 Å². The van der Waals surface area contributed by atoms with Crippen LogP contribution in [0.3, 0.4) is 0 Å². The van der Waals surface area contributed by atoms with Crippen molar-refractivity contribution >= 4 is 44.2 Å². The number of rotatable bonds is 8. The second-order valence-electron chi connectivity index (χ2n) is 15.3. The number of nitrogens with zero attached hydrogens (tertiary/aromatic N) is 4. The second-order valence-corrected chi connectivity index (χ2v) is 17.5. The topological polar surface area (TPSA) is 133 Å². The van der Waals surface area contributed by atoms with Gasteiger partial charge in [-0.3, -0.25) is 14.5 Å². The summed E-state index contributed by atoms with van der Waals surface area (Å²) in [7, 11) is -0.210. The summed E-state index contributed by atoms with van der Waals surface area (Å²) in [6, 6.07) is 6.81. The van der Waals surface area contributed by atoms with Crippen molar-refractivity contribution in [2.45, 2.75) is 56.9 Å². The van der Waals surface area contributed by atoms with E-state index in [2.05, 4.69) is 27.6 Å². The molecule has 3 aliphatic heterocycles. The summed E-state index contributed by atoms with van der Waals surface area (Å²) in [5.41, 5.74) is 3.03. The number of amides is 2. The van der Waals surface area contributed by atoms with E-state index in [9.17, 15) is 22.8 Å². The number of likely N-dealkylation sites (N-methyl/N-ethyl adjacent to an activating group) is 1. The average molecular weight is 722 g/mol. The first-order chi connectivity index (χ1) is 24.3. The van der Waals surface area contributed by atoms with Crippen LogP contribution >= 0.6 is 0 Å². The highest BCUT2D eigenvalue weighted by Crippen LogP contribution is 2.47. The van der Waals surface area contributed by atoms with E-state index in [1.165, 1.54) is 11.0 Å². The van der Waals surface area contributed by atoms with Gasteiger partial charge in [-0.1, -0.05) is 0 Å². The minimum absolute atomic E-state index is 0.00568. The summed E-state index contributed by atoms with van der Waals surface area (Å²) in [5.74, 6) is -1.62. The van der Waals surface area contributed by atoms with E-state index in [1.807, 2.05) is 17.9 Å². The summed E-state index contributed by atoms with van der Waals surface area (Å²) in [5, 5.41) is 0.840. The molecule has 8 rings (SSSR count). The zero-order valence-corrected chi connectivity index (χ0v) is 30.3. The molecule has 4 heterocycles. The van der Waals surface area contributed by atoms with Crippen molar-refractivity contribution in [1.29, 1.82) is 0 Å². The van der Waals surface area contributed by atoms with E-state index in [-0.39, 0.29) is 29.4 Å². The molecule has 14 heteroatoms. The Balaban J connectivity index is 1.07. The van der Waals surface area contributed by atoms with Crippen LogP contribution in [0.5, 0.6) is 0 Å². The Kier molecular flexibility index (Phi) is 8.22. The van der Waals surface area contributed by atoms with Crippen LogP contribution in [-0.2, 0) is 27.7 Å². The predicted octanol–water partition coefficient (Wildman–Crippen LogP) is 3.27. The first-order valence-electron chi connectivity index (χ1n) is 17.8. The largest absolute Gasteiger partial charge is 0.422 e. The molecule has 12 nitrogen and oxygen atoms in total. The van der Waals surface area contributed by atoms with Gasteiger partial charge in [-0.25, -0.2) is 22.3 Å². The molecule has 51 heavy (non-hydrogen) atoms. The van der Waals surface area contributed by atoms with E-state index in [4.69, 9.17) is 9.15 Å². The standard InChI is InChI=1S/C37H44FN5O7S/c1-21-30(41-12-11-40(3)25(18-41)20-49-4)6-5-27-26-7-10-42(19-28(26)36(46)50-33(21)27)35(45)22-14-29(38)32(31(15-22)43-16-23-13-24(23)17-43)34(44)39-51(47,48)37(2)8-9-37/h5-6,14-15,23-25H,7-13,16-20H2,1-4H3,(H,39,44)/t23?,24?,25-/m1/s1. The van der Waals surface area contributed by atoms with E-state index in [0.717, 1.165) is 54.3 Å². The minimum Gasteiger partial charge on any atom is -0.422 e. The Labute approximate surface area is 296 Å². The molecular formula is C37H44FN5O7S. The molecule has 0 radical (unpaired) electrons. The van der Waals surface area contributed by atoms with Gasteiger partial charge in [-0.05, 0) is 88.2 Å². The fourth-order valence-corrected chi connectivity index (χ4v) is 9.45.